The second-order valence-electron chi connectivity index (χ2n) is 9.83. The maximum absolute atomic E-state index is 13.6. The Morgan fingerprint density at radius 1 is 1.27 bits per heavy atom. The molecule has 0 radical (unpaired) electrons. The number of rotatable bonds is 7. The number of allylic oxidation sites excluding steroid dienone is 1. The Balaban J connectivity index is 0.00000148. The van der Waals surface area contributed by atoms with Gasteiger partial charge in [-0.2, -0.15) is 18.4 Å². The van der Waals surface area contributed by atoms with Crippen molar-refractivity contribution in [3.63, 3.8) is 0 Å². The van der Waals surface area contributed by atoms with Crippen molar-refractivity contribution in [1.29, 1.82) is 5.26 Å². The monoisotopic (exact) mass is 623 g/mol. The number of carboxylic acid groups (broad SMARTS) is 1. The van der Waals surface area contributed by atoms with Gasteiger partial charge in [0.05, 0.1) is 43.0 Å². The van der Waals surface area contributed by atoms with Crippen molar-refractivity contribution in [2.45, 2.75) is 45.6 Å². The predicted molar refractivity (Wildman–Crippen MR) is 151 cm³/mol. The molecule has 0 unspecified atom stereocenters. The molecule has 0 amide bonds. The summed E-state index contributed by atoms with van der Waals surface area (Å²) < 4.78 is 51.1. The third kappa shape index (κ3) is 6.49. The van der Waals surface area contributed by atoms with Crippen molar-refractivity contribution in [1.82, 2.24) is 19.3 Å². The fourth-order valence-corrected chi connectivity index (χ4v) is 5.24. The zero-order valence-corrected chi connectivity index (χ0v) is 24.4. The molecule has 12 nitrogen and oxygen atoms in total. The molecule has 1 N–H and O–H groups in total. The second kappa shape index (κ2) is 13.3. The van der Waals surface area contributed by atoms with Gasteiger partial charge in [0.1, 0.15) is 18.4 Å². The van der Waals surface area contributed by atoms with Crippen LogP contribution in [0.15, 0.2) is 77.3 Å². The fourth-order valence-electron chi connectivity index (χ4n) is 5.24. The number of esters is 1. The van der Waals surface area contributed by atoms with Crippen molar-refractivity contribution in [2.75, 3.05) is 12.0 Å². The maximum Gasteiger partial charge on any atom is 0.416 e. The maximum atomic E-state index is 13.6. The smallest absolute Gasteiger partial charge is 0.416 e. The van der Waals surface area contributed by atoms with Crippen molar-refractivity contribution in [3.05, 3.63) is 105 Å². The molecule has 0 aliphatic carbocycles. The molecular weight excluding hydrogens is 595 g/mol. The zero-order chi connectivity index (χ0) is 32.9. The summed E-state index contributed by atoms with van der Waals surface area (Å²) in [5.41, 5.74) is 0.414. The van der Waals surface area contributed by atoms with Crippen LogP contribution in [0.25, 0.3) is 0 Å². The predicted octanol–water partition coefficient (Wildman–Crippen LogP) is 2.37. The third-order valence-electron chi connectivity index (χ3n) is 7.30. The van der Waals surface area contributed by atoms with Gasteiger partial charge in [0.15, 0.2) is 0 Å². The first-order valence-corrected chi connectivity index (χ1v) is 13.6. The number of carbonyl (C=O) groups is 2. The number of hydrogen-bond donors (Lipinski definition) is 1. The highest BCUT2D eigenvalue weighted by atomic mass is 19.4. The second-order valence-corrected chi connectivity index (χ2v) is 9.83. The summed E-state index contributed by atoms with van der Waals surface area (Å²) in [5.74, 6) is -0.767. The summed E-state index contributed by atoms with van der Waals surface area (Å²) in [5, 5.41) is 24.4. The number of benzene rings is 2. The Hall–Kier alpha value is -5.65. The Labute approximate surface area is 254 Å². The van der Waals surface area contributed by atoms with Crippen LogP contribution in [0.1, 0.15) is 42.1 Å². The lowest BCUT2D eigenvalue weighted by Gasteiger charge is -2.36. The highest BCUT2D eigenvalue weighted by Gasteiger charge is 2.41. The van der Waals surface area contributed by atoms with Gasteiger partial charge in [-0.1, -0.05) is 12.1 Å². The Bertz CT molecular complexity index is 1850. The van der Waals surface area contributed by atoms with Crippen LogP contribution in [0.4, 0.5) is 24.8 Å². The number of anilines is 2. The summed E-state index contributed by atoms with van der Waals surface area (Å²) in [6.45, 7) is 4.43. The van der Waals surface area contributed by atoms with E-state index < -0.39 is 35.9 Å². The van der Waals surface area contributed by atoms with E-state index in [1.807, 2.05) is 34.8 Å². The number of H-pyrrole nitrogens is 1. The standard InChI is InChI=1S/C29H26F3N7O3.CH2O2/c1-4-36-12-13-37(17-36)11-10-20-14-19(16-33)8-9-23(20)25-24(26(40)42-3)18(2)38(27-34-35-28(41)39(25)27)22-7-5-6-21(15-22)29(30,31)32;2-1-3/h5-9,12-15,17,25H,4,10-11H2,1-3H3;1H,(H,2,3)/t25-;/m1./s1. The number of halogens is 3. The molecule has 5 rings (SSSR count). The first-order valence-electron chi connectivity index (χ1n) is 13.6. The number of nitrogens with one attached hydrogen (secondary N) is 1. The Kier molecular flexibility index (Phi) is 9.56. The number of imidazole rings is 1. The number of fused-ring (bicyclic) bond motifs is 1. The molecule has 0 fully saturated rings. The molecule has 234 valence electrons. The first kappa shape index (κ1) is 32.3. The van der Waals surface area contributed by atoms with Crippen molar-refractivity contribution in [3.8, 4) is 6.07 Å². The number of nitrogens with zero attached hydrogens (tertiary/aromatic N) is 6. The number of carbonyl (C=O) groups excluding carboxylic acids is 2. The Morgan fingerprint density at radius 2 is 2.00 bits per heavy atom. The molecule has 1 atom stereocenters. The molecule has 3 heterocycles. The summed E-state index contributed by atoms with van der Waals surface area (Å²) in [4.78, 5) is 36.2. The quantitative estimate of drug-likeness (QED) is 0.187. The average molecular weight is 624 g/mol. The molecule has 2 aromatic carbocycles. The van der Waals surface area contributed by atoms with Crippen molar-refractivity contribution < 1.29 is 37.2 Å². The van der Waals surface area contributed by atoms with Crippen LogP contribution in [-0.2, 0) is 40.0 Å². The lowest BCUT2D eigenvalue weighted by Crippen LogP contribution is -2.38. The molecule has 1 aliphatic rings. The Morgan fingerprint density at radius 3 is 2.62 bits per heavy atom. The minimum Gasteiger partial charge on any atom is -0.554 e. The molecule has 15 heteroatoms. The molecular formula is C30H28F3N7O5. The van der Waals surface area contributed by atoms with Crippen molar-refractivity contribution in [2.24, 2.45) is 0 Å². The van der Waals surface area contributed by atoms with Crippen LogP contribution in [0.5, 0.6) is 0 Å². The van der Waals surface area contributed by atoms with Crippen LogP contribution >= 0.6 is 0 Å². The van der Waals surface area contributed by atoms with Gasteiger partial charge in [-0.25, -0.2) is 28.4 Å². The lowest BCUT2D eigenvalue weighted by molar-refractivity contribution is -0.696. The van der Waals surface area contributed by atoms with E-state index in [0.29, 0.717) is 29.7 Å². The van der Waals surface area contributed by atoms with Gasteiger partial charge < -0.3 is 14.6 Å². The number of methoxy groups -OCH3 is 1. The normalized spacial score (nSPS) is 14.2. The largest absolute Gasteiger partial charge is 0.554 e. The van der Waals surface area contributed by atoms with Crippen molar-refractivity contribution >= 4 is 24.1 Å². The highest BCUT2D eigenvalue weighted by molar-refractivity contribution is 5.93. The molecule has 0 saturated carbocycles. The van der Waals surface area contributed by atoms with Crippen LogP contribution in [-0.4, -0.2) is 38.9 Å². The van der Waals surface area contributed by atoms with Gasteiger partial charge in [0.2, 0.25) is 12.3 Å². The molecule has 0 spiro atoms. The molecule has 1 aliphatic heterocycles. The van der Waals surface area contributed by atoms with E-state index in [2.05, 4.69) is 16.3 Å². The minimum atomic E-state index is -4.62. The average Bonchev–Trinajstić information content (AvgIpc) is 3.65. The number of aromatic nitrogens is 5. The first-order chi connectivity index (χ1) is 21.5. The topological polar surface area (TPSA) is 153 Å². The van der Waals surface area contributed by atoms with E-state index in [4.69, 9.17) is 14.6 Å². The van der Waals surface area contributed by atoms with E-state index in [1.165, 1.54) is 28.7 Å². The molecule has 4 aromatic rings. The summed E-state index contributed by atoms with van der Waals surface area (Å²) >= 11 is 0. The molecule has 0 saturated heterocycles. The van der Waals surface area contributed by atoms with E-state index in [1.54, 1.807) is 25.1 Å². The van der Waals surface area contributed by atoms with Gasteiger partial charge in [0, 0.05) is 24.3 Å². The van der Waals surface area contributed by atoms with Crippen LogP contribution in [0.3, 0.4) is 0 Å². The zero-order valence-electron chi connectivity index (χ0n) is 24.4. The summed E-state index contributed by atoms with van der Waals surface area (Å²) in [6, 6.07) is 10.6. The van der Waals surface area contributed by atoms with E-state index in [-0.39, 0.29) is 22.9 Å². The van der Waals surface area contributed by atoms with Gasteiger partial charge in [-0.3, -0.25) is 4.90 Å². The molecule has 0 bridgehead atoms. The SMILES string of the molecule is CCn1cc[n+](CCc2cc(C#N)ccc2[C@@H]2C(C(=O)OC)=C(C)N(c3cccc(C(F)(F)F)c3)c3n[nH]c(=O)n32)c1.O=C[O-]. The van der Waals surface area contributed by atoms with E-state index in [0.717, 1.165) is 18.7 Å². The molecule has 45 heavy (non-hydrogen) atoms. The fraction of sp³-hybridized carbons (Fsp3) is 0.267. The van der Waals surface area contributed by atoms with Crippen LogP contribution in [0.2, 0.25) is 0 Å². The minimum absolute atomic E-state index is 0.000755. The number of aryl methyl sites for hydroxylation is 3. The number of nitriles is 1. The van der Waals surface area contributed by atoms with Crippen LogP contribution < -0.4 is 20.3 Å². The number of ether oxygens (including phenoxy) is 1. The summed E-state index contributed by atoms with van der Waals surface area (Å²) in [6.07, 6.45) is 1.65. The lowest BCUT2D eigenvalue weighted by atomic mass is 9.89. The number of alkyl halides is 3. The van der Waals surface area contributed by atoms with Crippen LogP contribution in [0, 0.1) is 11.3 Å². The van der Waals surface area contributed by atoms with Gasteiger partial charge in [-0.05, 0) is 55.3 Å². The van der Waals surface area contributed by atoms with Gasteiger partial charge in [-0.15, -0.1) is 5.10 Å². The van der Waals surface area contributed by atoms with Gasteiger partial charge in [0.25, 0.3) is 0 Å². The van der Waals surface area contributed by atoms with Gasteiger partial charge >= 0.3 is 17.8 Å². The third-order valence-corrected chi connectivity index (χ3v) is 7.30. The van der Waals surface area contributed by atoms with E-state index >= 15 is 0 Å². The molecule has 2 aromatic heterocycles. The number of hydrogen-bond acceptors (Lipinski definition) is 8. The summed E-state index contributed by atoms with van der Waals surface area (Å²) in [7, 11) is 1.19. The van der Waals surface area contributed by atoms with E-state index in [9.17, 15) is 28.0 Å². The highest BCUT2D eigenvalue weighted by Crippen LogP contribution is 2.43. The number of aromatic amines is 1.